The summed E-state index contributed by atoms with van der Waals surface area (Å²) >= 11 is 3.46. The number of carbonyl (C=O) groups excluding carboxylic acids is 2. The van der Waals surface area contributed by atoms with E-state index in [1.807, 2.05) is 57.2 Å². The molecule has 0 saturated carbocycles. The Kier molecular flexibility index (Phi) is 10.7. The number of rotatable bonds is 12. The number of carbonyl (C=O) groups is 2. The summed E-state index contributed by atoms with van der Waals surface area (Å²) in [6.07, 6.45) is 0.800. The molecule has 0 saturated heterocycles. The average molecular weight is 615 g/mol. The largest absolute Gasteiger partial charge is 0.354 e. The Morgan fingerprint density at radius 2 is 1.56 bits per heavy atom. The fourth-order valence-electron chi connectivity index (χ4n) is 4.01. The van der Waals surface area contributed by atoms with Crippen molar-refractivity contribution in [3.63, 3.8) is 0 Å². The van der Waals surface area contributed by atoms with Gasteiger partial charge in [-0.3, -0.25) is 13.9 Å². The molecular weight excluding hydrogens is 578 g/mol. The predicted molar refractivity (Wildman–Crippen MR) is 159 cm³/mol. The van der Waals surface area contributed by atoms with Crippen LogP contribution in [0.15, 0.2) is 88.2 Å². The van der Waals surface area contributed by atoms with E-state index in [1.54, 1.807) is 37.3 Å². The van der Waals surface area contributed by atoms with Crippen LogP contribution in [-0.2, 0) is 32.6 Å². The second-order valence-corrected chi connectivity index (χ2v) is 12.6. The summed E-state index contributed by atoms with van der Waals surface area (Å²) in [4.78, 5) is 28.5. The molecule has 0 unspecified atom stereocenters. The van der Waals surface area contributed by atoms with Gasteiger partial charge in [0.15, 0.2) is 0 Å². The van der Waals surface area contributed by atoms with Crippen LogP contribution in [-0.4, -0.2) is 44.3 Å². The van der Waals surface area contributed by atoms with E-state index in [1.165, 1.54) is 17.0 Å². The normalized spacial score (nSPS) is 12.2. The van der Waals surface area contributed by atoms with Crippen LogP contribution in [0.5, 0.6) is 0 Å². The SMILES string of the molecule is CCc1ccc(N(CC(=O)N(Cc2cccc(Br)c2)[C@@H](C)C(=O)NCC(C)C)S(=O)(=O)c2ccccc2)cc1. The molecule has 0 aliphatic carbocycles. The zero-order valence-electron chi connectivity index (χ0n) is 22.8. The number of hydrogen-bond donors (Lipinski definition) is 1. The van der Waals surface area contributed by atoms with Gasteiger partial charge in [-0.1, -0.05) is 79.2 Å². The summed E-state index contributed by atoms with van der Waals surface area (Å²) in [5.74, 6) is -0.536. The first-order valence-corrected chi connectivity index (χ1v) is 15.2. The number of sulfonamides is 1. The second-order valence-electron chi connectivity index (χ2n) is 9.81. The fraction of sp³-hybridized carbons (Fsp3) is 0.333. The van der Waals surface area contributed by atoms with Crippen molar-refractivity contribution in [2.24, 2.45) is 5.92 Å². The Morgan fingerprint density at radius 3 is 2.15 bits per heavy atom. The molecule has 208 valence electrons. The van der Waals surface area contributed by atoms with Crippen molar-refractivity contribution in [3.8, 4) is 0 Å². The van der Waals surface area contributed by atoms with Gasteiger partial charge in [-0.15, -0.1) is 0 Å². The predicted octanol–water partition coefficient (Wildman–Crippen LogP) is 5.40. The van der Waals surface area contributed by atoms with Crippen molar-refractivity contribution in [1.82, 2.24) is 10.2 Å². The smallest absolute Gasteiger partial charge is 0.264 e. The van der Waals surface area contributed by atoms with Gasteiger partial charge in [0, 0.05) is 17.6 Å². The van der Waals surface area contributed by atoms with Crippen molar-refractivity contribution < 1.29 is 18.0 Å². The van der Waals surface area contributed by atoms with Crippen molar-refractivity contribution in [2.45, 2.75) is 51.6 Å². The molecule has 7 nitrogen and oxygen atoms in total. The Balaban J connectivity index is 2.00. The number of halogens is 1. The van der Waals surface area contributed by atoms with Crippen LogP contribution in [0.1, 0.15) is 38.8 Å². The van der Waals surface area contributed by atoms with Crippen LogP contribution in [0, 0.1) is 5.92 Å². The zero-order chi connectivity index (χ0) is 28.6. The number of hydrogen-bond acceptors (Lipinski definition) is 4. The van der Waals surface area contributed by atoms with Gasteiger partial charge in [0.25, 0.3) is 10.0 Å². The molecule has 9 heteroatoms. The molecule has 3 aromatic rings. The summed E-state index contributed by atoms with van der Waals surface area (Å²) in [5.41, 5.74) is 2.24. The highest BCUT2D eigenvalue weighted by atomic mass is 79.9. The summed E-state index contributed by atoms with van der Waals surface area (Å²) in [7, 11) is -4.07. The molecule has 1 atom stereocenters. The van der Waals surface area contributed by atoms with E-state index in [2.05, 4.69) is 21.2 Å². The van der Waals surface area contributed by atoms with Crippen LogP contribution >= 0.6 is 15.9 Å². The van der Waals surface area contributed by atoms with Crippen LogP contribution in [0.2, 0.25) is 0 Å². The molecule has 39 heavy (non-hydrogen) atoms. The number of nitrogens with one attached hydrogen (secondary N) is 1. The molecule has 0 aliphatic heterocycles. The second kappa shape index (κ2) is 13.8. The maximum absolute atomic E-state index is 13.9. The number of nitrogens with zero attached hydrogens (tertiary/aromatic N) is 2. The first-order valence-electron chi connectivity index (χ1n) is 13.0. The van der Waals surface area contributed by atoms with Gasteiger partial charge in [-0.25, -0.2) is 8.42 Å². The van der Waals surface area contributed by atoms with E-state index < -0.39 is 28.5 Å². The van der Waals surface area contributed by atoms with Gasteiger partial charge in [0.1, 0.15) is 12.6 Å². The lowest BCUT2D eigenvalue weighted by Crippen LogP contribution is -2.51. The molecule has 0 bridgehead atoms. The number of benzene rings is 3. The van der Waals surface area contributed by atoms with Gasteiger partial charge in [0.2, 0.25) is 11.8 Å². The first-order chi connectivity index (χ1) is 18.5. The third-order valence-electron chi connectivity index (χ3n) is 6.34. The van der Waals surface area contributed by atoms with Crippen molar-refractivity contribution >= 4 is 43.5 Å². The van der Waals surface area contributed by atoms with Gasteiger partial charge in [-0.2, -0.15) is 0 Å². The Labute approximate surface area is 240 Å². The topological polar surface area (TPSA) is 86.8 Å². The third-order valence-corrected chi connectivity index (χ3v) is 8.62. The van der Waals surface area contributed by atoms with Crippen molar-refractivity contribution in [2.75, 3.05) is 17.4 Å². The summed E-state index contributed by atoms with van der Waals surface area (Å²) < 4.78 is 29.6. The van der Waals surface area contributed by atoms with Crippen LogP contribution in [0.4, 0.5) is 5.69 Å². The quantitative estimate of drug-likeness (QED) is 0.296. The first kappa shape index (κ1) is 30.4. The van der Waals surface area contributed by atoms with E-state index in [4.69, 9.17) is 0 Å². The molecule has 3 aromatic carbocycles. The Bertz CT molecular complexity index is 1360. The monoisotopic (exact) mass is 613 g/mol. The summed E-state index contributed by atoms with van der Waals surface area (Å²) in [5, 5.41) is 2.89. The van der Waals surface area contributed by atoms with Crippen LogP contribution < -0.4 is 9.62 Å². The number of aryl methyl sites for hydroxylation is 1. The zero-order valence-corrected chi connectivity index (χ0v) is 25.2. The van der Waals surface area contributed by atoms with Crippen LogP contribution in [0.3, 0.4) is 0 Å². The highest BCUT2D eigenvalue weighted by molar-refractivity contribution is 9.10. The average Bonchev–Trinajstić information content (AvgIpc) is 2.93. The molecule has 0 aromatic heterocycles. The Morgan fingerprint density at radius 1 is 0.897 bits per heavy atom. The van der Waals surface area contributed by atoms with E-state index >= 15 is 0 Å². The molecule has 0 radical (unpaired) electrons. The Hall–Kier alpha value is -3.17. The molecule has 0 aliphatic rings. The van der Waals surface area contributed by atoms with E-state index in [0.29, 0.717) is 12.2 Å². The molecule has 3 rings (SSSR count). The molecule has 0 spiro atoms. The maximum atomic E-state index is 13.9. The number of amides is 2. The summed E-state index contributed by atoms with van der Waals surface area (Å²) in [6.45, 7) is 7.82. The molecular formula is C30H36BrN3O4S. The third kappa shape index (κ3) is 8.16. The molecule has 1 N–H and O–H groups in total. The lowest BCUT2D eigenvalue weighted by molar-refractivity contribution is -0.139. The van der Waals surface area contributed by atoms with Gasteiger partial charge in [0.05, 0.1) is 10.6 Å². The van der Waals surface area contributed by atoms with Gasteiger partial charge < -0.3 is 10.2 Å². The van der Waals surface area contributed by atoms with Crippen molar-refractivity contribution in [1.29, 1.82) is 0 Å². The van der Waals surface area contributed by atoms with E-state index in [9.17, 15) is 18.0 Å². The minimum atomic E-state index is -4.07. The lowest BCUT2D eigenvalue weighted by atomic mass is 10.1. The van der Waals surface area contributed by atoms with E-state index in [-0.39, 0.29) is 23.3 Å². The molecule has 0 fully saturated rings. The lowest BCUT2D eigenvalue weighted by Gasteiger charge is -2.32. The van der Waals surface area contributed by atoms with E-state index in [0.717, 1.165) is 26.3 Å². The standard InChI is InChI=1S/C30H36BrN3O4S/c1-5-24-14-16-27(17-15-24)34(39(37,38)28-12-7-6-8-13-28)21-29(35)33(20-25-10-9-11-26(31)18-25)23(4)30(36)32-19-22(2)3/h6-18,22-23H,5,19-21H2,1-4H3,(H,32,36)/t23-/m0/s1. The maximum Gasteiger partial charge on any atom is 0.264 e. The summed E-state index contributed by atoms with van der Waals surface area (Å²) in [6, 6.07) is 21.8. The number of anilines is 1. The van der Waals surface area contributed by atoms with Crippen LogP contribution in [0.25, 0.3) is 0 Å². The van der Waals surface area contributed by atoms with Crippen molar-refractivity contribution in [3.05, 3.63) is 94.5 Å². The molecule has 2 amide bonds. The highest BCUT2D eigenvalue weighted by Gasteiger charge is 2.32. The van der Waals surface area contributed by atoms with Gasteiger partial charge >= 0.3 is 0 Å². The fourth-order valence-corrected chi connectivity index (χ4v) is 5.90. The highest BCUT2D eigenvalue weighted by Crippen LogP contribution is 2.25. The minimum absolute atomic E-state index is 0.0821. The van der Waals surface area contributed by atoms with Gasteiger partial charge in [-0.05, 0) is 66.8 Å². The minimum Gasteiger partial charge on any atom is -0.354 e. The molecule has 0 heterocycles.